The third kappa shape index (κ3) is 15.2. The quantitative estimate of drug-likeness (QED) is 0.0331. The number of likely N-dealkylation sites (tertiary alicyclic amines) is 2. The van der Waals surface area contributed by atoms with Crippen molar-refractivity contribution in [1.82, 2.24) is 34.7 Å². The van der Waals surface area contributed by atoms with E-state index in [2.05, 4.69) is 25.3 Å². The molecular weight excluding hydrogens is 1120 g/mol. The fraction of sp³-hybridized carbons (Fsp3) is 0.333. The molecule has 0 radical (unpaired) electrons. The van der Waals surface area contributed by atoms with E-state index >= 15 is 0 Å². The molecule has 2 aromatic heterocycles. The molecule has 6 N–H and O–H groups in total. The molecule has 12 rings (SSSR count). The lowest BCUT2D eigenvalue weighted by Gasteiger charge is -2.29. The highest BCUT2D eigenvalue weighted by Gasteiger charge is 2.32. The zero-order chi connectivity index (χ0) is 59.7. The van der Waals surface area contributed by atoms with Gasteiger partial charge in [0.2, 0.25) is 5.78 Å². The molecule has 19 nitrogen and oxygen atoms in total. The molecule has 6 heterocycles. The van der Waals surface area contributed by atoms with E-state index in [4.69, 9.17) is 29.8 Å². The van der Waals surface area contributed by atoms with Gasteiger partial charge in [0.05, 0.1) is 36.3 Å². The maximum absolute atomic E-state index is 14.8. The van der Waals surface area contributed by atoms with E-state index in [1.807, 2.05) is 0 Å². The number of amides is 1. The Morgan fingerprint density at radius 1 is 0.558 bits per heavy atom. The molecular formula is C63H66F4N8O11. The molecule has 4 atom stereocenters. The largest absolute Gasteiger partial charge is 0.486 e. The molecule has 0 aliphatic carbocycles. The van der Waals surface area contributed by atoms with Crippen LogP contribution in [0.4, 0.5) is 17.6 Å². The Balaban J connectivity index is 0.000000169. The highest BCUT2D eigenvalue weighted by Crippen LogP contribution is 2.38. The van der Waals surface area contributed by atoms with Gasteiger partial charge in [0.15, 0.2) is 34.6 Å². The number of carbonyl (C=O) groups excluding carboxylic acids is 3. The smallest absolute Gasteiger partial charge is 0.377 e. The number of hydrogen-bond donors (Lipinski definition) is 5. The molecule has 0 spiro atoms. The minimum absolute atomic E-state index is 0. The standard InChI is InChI=1S/C31H30F2N4O5.C16H11FN2O3.C15H21FN2O3.CH4/c32-23-6-3-19(4-7-23)16-37-17-22-13-20(5-8-25(22)35-37)29(39)31(40)34-26(18-36-9-1-2-10-36)28(38)21-14-24(33)30-27(15-21)41-11-12-42-30;17-13-4-1-10(2-5-13)8-19-9-12-7-11(15(20)16(21)22)3-6-14(12)18-19;16-11-7-10(8-13-15(11)21-6-5-20-13)14(19)12(17)9-18-3-1-2-4-18;/h3-8,13-15,17,26,28,38H,1-2,9-12,16,18H2,(H,34,40);1-7,9H,8H2,(H,21,22);7-8,12,14,19H,1-6,9,17H2;1H4/t26-,28-;;12-,14-;/m1.1./s1. The van der Waals surface area contributed by atoms with Gasteiger partial charge in [0.1, 0.15) is 44.2 Å². The molecule has 0 unspecified atom stereocenters. The second kappa shape index (κ2) is 28.0. The lowest BCUT2D eigenvalue weighted by molar-refractivity contribution is -0.131. The average molecular weight is 1190 g/mol. The Labute approximate surface area is 492 Å². The van der Waals surface area contributed by atoms with Crippen LogP contribution in [0.25, 0.3) is 21.8 Å². The number of carboxylic acid groups (broad SMARTS) is 1. The summed E-state index contributed by atoms with van der Waals surface area (Å²) in [6, 6.07) is 25.8. The van der Waals surface area contributed by atoms with Crippen LogP contribution in [0.2, 0.25) is 0 Å². The summed E-state index contributed by atoms with van der Waals surface area (Å²) in [6.45, 7) is 6.56. The molecule has 452 valence electrons. The zero-order valence-electron chi connectivity index (χ0n) is 46.1. The van der Waals surface area contributed by atoms with E-state index in [1.165, 1.54) is 73.5 Å². The van der Waals surface area contributed by atoms with Crippen LogP contribution in [0.5, 0.6) is 23.0 Å². The van der Waals surface area contributed by atoms with Gasteiger partial charge < -0.3 is 55.1 Å². The van der Waals surface area contributed by atoms with E-state index in [0.29, 0.717) is 66.0 Å². The number of rotatable bonds is 17. The summed E-state index contributed by atoms with van der Waals surface area (Å²) in [4.78, 5) is 52.9. The second-order valence-corrected chi connectivity index (χ2v) is 21.1. The van der Waals surface area contributed by atoms with Crippen molar-refractivity contribution in [2.45, 2.75) is 70.5 Å². The normalized spacial score (nSPS) is 15.9. The molecule has 6 aromatic carbocycles. The highest BCUT2D eigenvalue weighted by atomic mass is 19.1. The maximum atomic E-state index is 14.8. The summed E-state index contributed by atoms with van der Waals surface area (Å²) in [5.41, 5.74) is 10.0. The van der Waals surface area contributed by atoms with Crippen molar-refractivity contribution in [3.63, 3.8) is 0 Å². The predicted molar refractivity (Wildman–Crippen MR) is 309 cm³/mol. The van der Waals surface area contributed by atoms with Crippen molar-refractivity contribution in [2.24, 2.45) is 5.73 Å². The van der Waals surface area contributed by atoms with E-state index in [1.54, 1.807) is 70.3 Å². The lowest BCUT2D eigenvalue weighted by atomic mass is 9.99. The average Bonchev–Trinajstić information content (AvgIpc) is 4.02. The minimum Gasteiger partial charge on any atom is -0.486 e. The number of nitrogens with one attached hydrogen (secondary N) is 1. The number of aromatic nitrogens is 4. The van der Waals surface area contributed by atoms with Crippen molar-refractivity contribution in [3.8, 4) is 23.0 Å². The summed E-state index contributed by atoms with van der Waals surface area (Å²) < 4.78 is 79.7. The molecule has 0 bridgehead atoms. The van der Waals surface area contributed by atoms with E-state index in [0.717, 1.165) is 50.1 Å². The molecule has 8 aromatic rings. The number of benzene rings is 6. The predicted octanol–water partition coefficient (Wildman–Crippen LogP) is 7.81. The Hall–Kier alpha value is -8.74. The number of carboxylic acids is 1. The van der Waals surface area contributed by atoms with Crippen molar-refractivity contribution >= 4 is 45.2 Å². The Kier molecular flexibility index (Phi) is 20.1. The summed E-state index contributed by atoms with van der Waals surface area (Å²) in [6.07, 6.45) is 5.56. The summed E-state index contributed by atoms with van der Waals surface area (Å²) >= 11 is 0. The van der Waals surface area contributed by atoms with E-state index < -0.39 is 59.4 Å². The Morgan fingerprint density at radius 2 is 0.988 bits per heavy atom. The molecule has 0 saturated carbocycles. The number of nitrogens with two attached hydrogens (primary N) is 1. The third-order valence-electron chi connectivity index (χ3n) is 14.9. The van der Waals surface area contributed by atoms with Crippen LogP contribution in [0.15, 0.2) is 122 Å². The van der Waals surface area contributed by atoms with Crippen molar-refractivity contribution in [3.05, 3.63) is 178 Å². The number of fused-ring (bicyclic) bond motifs is 4. The first-order valence-electron chi connectivity index (χ1n) is 27.8. The Bertz CT molecular complexity index is 3700. The number of ether oxygens (including phenoxy) is 4. The van der Waals surface area contributed by atoms with Crippen LogP contribution >= 0.6 is 0 Å². The van der Waals surface area contributed by atoms with Crippen molar-refractivity contribution < 1.29 is 71.0 Å². The molecule has 2 fully saturated rings. The van der Waals surface area contributed by atoms with Crippen LogP contribution in [0.3, 0.4) is 0 Å². The monoisotopic (exact) mass is 1190 g/mol. The first kappa shape index (κ1) is 61.8. The number of halogens is 4. The molecule has 86 heavy (non-hydrogen) atoms. The summed E-state index contributed by atoms with van der Waals surface area (Å²) in [7, 11) is 0. The number of Topliss-reactive ketones (excluding diaryl/α,β-unsaturated/α-hetero) is 2. The second-order valence-electron chi connectivity index (χ2n) is 21.1. The van der Waals surface area contributed by atoms with Crippen molar-refractivity contribution in [2.75, 3.05) is 65.7 Å². The van der Waals surface area contributed by atoms with Gasteiger partial charge in [-0.05, 0) is 159 Å². The topological polar surface area (TPSA) is 246 Å². The Morgan fingerprint density at radius 3 is 1.45 bits per heavy atom. The first-order valence-corrected chi connectivity index (χ1v) is 27.8. The molecule has 23 heteroatoms. The number of ketones is 2. The van der Waals surface area contributed by atoms with Gasteiger partial charge in [-0.2, -0.15) is 10.2 Å². The number of aliphatic hydroxyl groups excluding tert-OH is 2. The van der Waals surface area contributed by atoms with E-state index in [-0.39, 0.29) is 72.8 Å². The highest BCUT2D eigenvalue weighted by molar-refractivity contribution is 6.43. The lowest BCUT2D eigenvalue weighted by Crippen LogP contribution is -2.48. The summed E-state index contributed by atoms with van der Waals surface area (Å²) in [5.74, 6) is -5.27. The van der Waals surface area contributed by atoms with Gasteiger partial charge in [-0.15, -0.1) is 0 Å². The van der Waals surface area contributed by atoms with Gasteiger partial charge in [-0.25, -0.2) is 22.4 Å². The van der Waals surface area contributed by atoms with Gasteiger partial charge >= 0.3 is 5.97 Å². The number of aliphatic hydroxyl groups is 2. The maximum Gasteiger partial charge on any atom is 0.377 e. The third-order valence-corrected chi connectivity index (χ3v) is 14.9. The van der Waals surface area contributed by atoms with Gasteiger partial charge in [0.25, 0.3) is 11.7 Å². The van der Waals surface area contributed by atoms with Gasteiger partial charge in [-0.1, -0.05) is 31.7 Å². The van der Waals surface area contributed by atoms with Crippen LogP contribution in [-0.2, 0) is 22.7 Å². The van der Waals surface area contributed by atoms with Crippen LogP contribution in [0.1, 0.15) is 88.3 Å². The first-order chi connectivity index (χ1) is 41.0. The SMILES string of the molecule is C.N[C@H](CN1CCCC1)[C@H](O)c1cc(F)c2c(c1)OCCO2.O=C(N[C@H](CN1CCCC1)[C@H](O)c1cc(F)c2c(c1)OCCO2)C(=O)c1ccc2nn(Cc3ccc(F)cc3)cc2c1.O=C(O)C(=O)c1ccc2nn(Cc3ccc(F)cc3)cc2c1. The fourth-order valence-electron chi connectivity index (χ4n) is 10.6. The molecule has 1 amide bonds. The summed E-state index contributed by atoms with van der Waals surface area (Å²) in [5, 5.41) is 43.3. The molecule has 2 saturated heterocycles. The van der Waals surface area contributed by atoms with Crippen LogP contribution < -0.4 is 30.0 Å². The van der Waals surface area contributed by atoms with Crippen LogP contribution in [0, 0.1) is 23.3 Å². The van der Waals surface area contributed by atoms with Crippen LogP contribution in [-0.4, -0.2) is 146 Å². The number of nitrogens with zero attached hydrogens (tertiary/aromatic N) is 6. The van der Waals surface area contributed by atoms with Crippen molar-refractivity contribution in [1.29, 1.82) is 0 Å². The zero-order valence-corrected chi connectivity index (χ0v) is 46.1. The number of aliphatic carboxylic acids is 1. The van der Waals surface area contributed by atoms with Gasteiger partial charge in [-0.3, -0.25) is 23.7 Å². The molecule has 4 aliphatic heterocycles. The number of hydrogen-bond acceptors (Lipinski definition) is 15. The fourth-order valence-corrected chi connectivity index (χ4v) is 10.6. The van der Waals surface area contributed by atoms with E-state index in [9.17, 15) is 47.0 Å². The molecule has 4 aliphatic rings. The minimum atomic E-state index is -1.49. The van der Waals surface area contributed by atoms with Gasteiger partial charge in [0, 0.05) is 53.4 Å². The number of carbonyl (C=O) groups is 4.